The summed E-state index contributed by atoms with van der Waals surface area (Å²) in [6.07, 6.45) is 2.77. The highest BCUT2D eigenvalue weighted by Gasteiger charge is 2.28. The second-order valence-corrected chi connectivity index (χ2v) is 7.41. The van der Waals surface area contributed by atoms with Crippen LogP contribution in [-0.2, 0) is 4.74 Å². The van der Waals surface area contributed by atoms with E-state index in [2.05, 4.69) is 18.7 Å². The number of carbonyl (C=O) groups excluding carboxylic acids is 1. The van der Waals surface area contributed by atoms with Crippen LogP contribution in [0.1, 0.15) is 37.0 Å². The highest BCUT2D eigenvalue weighted by atomic mass is 16.5. The molecule has 0 aromatic heterocycles. The van der Waals surface area contributed by atoms with Gasteiger partial charge in [0.1, 0.15) is 5.75 Å². The predicted molar refractivity (Wildman–Crippen MR) is 98.1 cm³/mol. The van der Waals surface area contributed by atoms with Gasteiger partial charge in [-0.3, -0.25) is 9.69 Å². The zero-order valence-electron chi connectivity index (χ0n) is 15.6. The van der Waals surface area contributed by atoms with Crippen molar-refractivity contribution >= 4 is 5.91 Å². The number of methoxy groups -OCH3 is 1. The number of carbonyl (C=O) groups is 1. The van der Waals surface area contributed by atoms with E-state index in [1.165, 1.54) is 0 Å². The summed E-state index contributed by atoms with van der Waals surface area (Å²) in [7, 11) is 1.61. The molecular weight excluding hydrogens is 316 g/mol. The Labute approximate surface area is 150 Å². The minimum Gasteiger partial charge on any atom is -0.496 e. The van der Waals surface area contributed by atoms with Gasteiger partial charge in [0, 0.05) is 32.7 Å². The van der Waals surface area contributed by atoms with E-state index < -0.39 is 0 Å². The van der Waals surface area contributed by atoms with Gasteiger partial charge in [0.2, 0.25) is 0 Å². The van der Waals surface area contributed by atoms with Crippen molar-refractivity contribution in [3.8, 4) is 5.75 Å². The highest BCUT2D eigenvalue weighted by molar-refractivity contribution is 5.97. The van der Waals surface area contributed by atoms with Gasteiger partial charge in [0.05, 0.1) is 24.9 Å². The fourth-order valence-electron chi connectivity index (χ4n) is 4.11. The predicted octanol–water partition coefficient (Wildman–Crippen LogP) is 2.66. The van der Waals surface area contributed by atoms with Crippen molar-refractivity contribution in [3.63, 3.8) is 0 Å². The monoisotopic (exact) mass is 346 g/mol. The molecule has 25 heavy (non-hydrogen) atoms. The number of rotatable bonds is 4. The Hall–Kier alpha value is -1.59. The molecule has 2 atom stereocenters. The Morgan fingerprint density at radius 2 is 1.80 bits per heavy atom. The first-order valence-electron chi connectivity index (χ1n) is 9.37. The summed E-state index contributed by atoms with van der Waals surface area (Å²) in [5, 5.41) is 0. The lowest BCUT2D eigenvalue weighted by Gasteiger charge is -2.39. The van der Waals surface area contributed by atoms with Crippen molar-refractivity contribution in [2.24, 2.45) is 5.92 Å². The van der Waals surface area contributed by atoms with E-state index in [1.807, 2.05) is 29.2 Å². The molecule has 2 fully saturated rings. The van der Waals surface area contributed by atoms with Crippen LogP contribution in [0.15, 0.2) is 24.3 Å². The van der Waals surface area contributed by atoms with Crippen LogP contribution in [0, 0.1) is 5.92 Å². The van der Waals surface area contributed by atoms with Gasteiger partial charge in [-0.1, -0.05) is 12.1 Å². The zero-order chi connectivity index (χ0) is 17.8. The Morgan fingerprint density at radius 3 is 2.44 bits per heavy atom. The van der Waals surface area contributed by atoms with Crippen molar-refractivity contribution in [2.45, 2.75) is 38.9 Å². The molecule has 2 aliphatic heterocycles. The summed E-state index contributed by atoms with van der Waals surface area (Å²) < 4.78 is 11.2. The van der Waals surface area contributed by atoms with Gasteiger partial charge < -0.3 is 14.4 Å². The molecule has 5 heteroatoms. The molecule has 1 aromatic carbocycles. The number of benzene rings is 1. The Kier molecular flexibility index (Phi) is 5.97. The molecule has 0 saturated carbocycles. The van der Waals surface area contributed by atoms with Crippen LogP contribution in [-0.4, -0.2) is 67.7 Å². The molecule has 2 heterocycles. The van der Waals surface area contributed by atoms with E-state index in [9.17, 15) is 4.79 Å². The molecule has 2 saturated heterocycles. The summed E-state index contributed by atoms with van der Waals surface area (Å²) in [5.41, 5.74) is 0.666. The normalized spacial score (nSPS) is 25.8. The fourth-order valence-corrected chi connectivity index (χ4v) is 4.11. The number of amides is 1. The minimum absolute atomic E-state index is 0.0875. The summed E-state index contributed by atoms with van der Waals surface area (Å²) >= 11 is 0. The third kappa shape index (κ3) is 4.53. The Bertz CT molecular complexity index is 574. The average molecular weight is 346 g/mol. The molecular formula is C20H30N2O3. The SMILES string of the molecule is COc1ccccc1C(=O)N1CCC(CN2C[C@@H](C)O[C@@H](C)C2)CC1. The molecule has 0 unspecified atom stereocenters. The largest absolute Gasteiger partial charge is 0.496 e. The van der Waals surface area contributed by atoms with Crippen molar-refractivity contribution in [1.82, 2.24) is 9.80 Å². The van der Waals surface area contributed by atoms with Crippen LogP contribution in [0.3, 0.4) is 0 Å². The van der Waals surface area contributed by atoms with Gasteiger partial charge in [0.15, 0.2) is 0 Å². The van der Waals surface area contributed by atoms with Gasteiger partial charge in [-0.2, -0.15) is 0 Å². The van der Waals surface area contributed by atoms with E-state index in [-0.39, 0.29) is 5.91 Å². The molecule has 1 aromatic rings. The lowest BCUT2D eigenvalue weighted by Crippen LogP contribution is -2.48. The molecule has 1 amide bonds. The quantitative estimate of drug-likeness (QED) is 0.841. The standard InChI is InChI=1S/C20H30N2O3/c1-15-12-21(13-16(2)25-15)14-17-8-10-22(11-9-17)20(23)18-6-4-5-7-19(18)24-3/h4-7,15-17H,8-14H2,1-3H3/t15-,16+. The van der Waals surface area contributed by atoms with Crippen LogP contribution >= 0.6 is 0 Å². The number of hydrogen-bond donors (Lipinski definition) is 0. The first kappa shape index (κ1) is 18.2. The Balaban J connectivity index is 1.52. The molecule has 5 nitrogen and oxygen atoms in total. The van der Waals surface area contributed by atoms with Crippen LogP contribution in [0.4, 0.5) is 0 Å². The van der Waals surface area contributed by atoms with Crippen LogP contribution in [0.5, 0.6) is 5.75 Å². The summed E-state index contributed by atoms with van der Waals surface area (Å²) in [6.45, 7) is 9.12. The zero-order valence-corrected chi connectivity index (χ0v) is 15.6. The highest BCUT2D eigenvalue weighted by Crippen LogP contribution is 2.25. The summed E-state index contributed by atoms with van der Waals surface area (Å²) in [4.78, 5) is 17.3. The number of likely N-dealkylation sites (tertiary alicyclic amines) is 1. The number of nitrogens with zero attached hydrogens (tertiary/aromatic N) is 2. The molecule has 0 N–H and O–H groups in total. The molecule has 138 valence electrons. The van der Waals surface area contributed by atoms with E-state index in [0.29, 0.717) is 29.4 Å². The second-order valence-electron chi connectivity index (χ2n) is 7.41. The van der Waals surface area contributed by atoms with E-state index in [0.717, 1.165) is 45.6 Å². The summed E-state index contributed by atoms with van der Waals surface area (Å²) in [6, 6.07) is 7.49. The molecule has 0 spiro atoms. The van der Waals surface area contributed by atoms with Gasteiger partial charge in [-0.15, -0.1) is 0 Å². The second kappa shape index (κ2) is 8.19. The van der Waals surface area contributed by atoms with Crippen molar-refractivity contribution < 1.29 is 14.3 Å². The van der Waals surface area contributed by atoms with E-state index in [4.69, 9.17) is 9.47 Å². The third-order valence-electron chi connectivity index (χ3n) is 5.25. The molecule has 0 radical (unpaired) electrons. The average Bonchev–Trinajstić information content (AvgIpc) is 2.61. The number of hydrogen-bond acceptors (Lipinski definition) is 4. The lowest BCUT2D eigenvalue weighted by molar-refractivity contribution is -0.0728. The van der Waals surface area contributed by atoms with E-state index in [1.54, 1.807) is 7.11 Å². The van der Waals surface area contributed by atoms with Crippen molar-refractivity contribution in [2.75, 3.05) is 39.8 Å². The van der Waals surface area contributed by atoms with Gasteiger partial charge in [-0.05, 0) is 44.7 Å². The van der Waals surface area contributed by atoms with Crippen molar-refractivity contribution in [1.29, 1.82) is 0 Å². The maximum atomic E-state index is 12.8. The lowest BCUT2D eigenvalue weighted by atomic mass is 9.95. The molecule has 2 aliphatic rings. The molecule has 3 rings (SSSR count). The molecule has 0 aliphatic carbocycles. The first-order chi connectivity index (χ1) is 12.1. The topological polar surface area (TPSA) is 42.0 Å². The number of ether oxygens (including phenoxy) is 2. The number of para-hydroxylation sites is 1. The van der Waals surface area contributed by atoms with Crippen LogP contribution in [0.2, 0.25) is 0 Å². The van der Waals surface area contributed by atoms with E-state index >= 15 is 0 Å². The fraction of sp³-hybridized carbons (Fsp3) is 0.650. The van der Waals surface area contributed by atoms with Gasteiger partial charge in [-0.25, -0.2) is 0 Å². The maximum Gasteiger partial charge on any atom is 0.257 e. The summed E-state index contributed by atoms with van der Waals surface area (Å²) in [5.74, 6) is 1.41. The van der Waals surface area contributed by atoms with Crippen molar-refractivity contribution in [3.05, 3.63) is 29.8 Å². The van der Waals surface area contributed by atoms with Crippen LogP contribution < -0.4 is 4.74 Å². The van der Waals surface area contributed by atoms with Crippen LogP contribution in [0.25, 0.3) is 0 Å². The number of piperidine rings is 1. The number of morpholine rings is 1. The molecule has 0 bridgehead atoms. The minimum atomic E-state index is 0.0875. The smallest absolute Gasteiger partial charge is 0.257 e. The van der Waals surface area contributed by atoms with Gasteiger partial charge >= 0.3 is 0 Å². The Morgan fingerprint density at radius 1 is 1.16 bits per heavy atom. The van der Waals surface area contributed by atoms with Gasteiger partial charge in [0.25, 0.3) is 5.91 Å². The third-order valence-corrected chi connectivity index (χ3v) is 5.25. The maximum absolute atomic E-state index is 12.8. The first-order valence-corrected chi connectivity index (χ1v) is 9.37.